The van der Waals surface area contributed by atoms with E-state index in [1.165, 1.54) is 0 Å². The molecule has 5 heterocycles. The summed E-state index contributed by atoms with van der Waals surface area (Å²) in [4.78, 5) is 50.0. The molecule has 0 radical (unpaired) electrons. The van der Waals surface area contributed by atoms with Crippen molar-refractivity contribution in [2.24, 2.45) is 11.8 Å². The first-order valence-corrected chi connectivity index (χ1v) is 14.7. The zero-order valence-electron chi connectivity index (χ0n) is 22.0. The minimum atomic E-state index is -0.824. The Kier molecular flexibility index (Phi) is 8.00. The molecule has 5 aliphatic heterocycles. The van der Waals surface area contributed by atoms with Crippen LogP contribution in [0.5, 0.6) is 0 Å². The Morgan fingerprint density at radius 1 is 1.03 bits per heavy atom. The van der Waals surface area contributed by atoms with E-state index in [1.54, 1.807) is 16.7 Å². The van der Waals surface area contributed by atoms with Crippen molar-refractivity contribution in [3.05, 3.63) is 24.3 Å². The van der Waals surface area contributed by atoms with Gasteiger partial charge in [-0.2, -0.15) is 0 Å². The van der Waals surface area contributed by atoms with Crippen LogP contribution in [0.1, 0.15) is 26.7 Å². The number of hydrogen-bond acceptors (Lipinski definition) is 7. The number of fused-ring (bicyclic) bond motifs is 2. The summed E-state index contributed by atoms with van der Waals surface area (Å²) in [6.45, 7) is 9.88. The number of morpholine rings is 1. The van der Waals surface area contributed by atoms with E-state index >= 15 is 0 Å². The third-order valence-corrected chi connectivity index (χ3v) is 10.4. The molecule has 0 aromatic rings. The quantitative estimate of drug-likeness (QED) is 0.458. The summed E-state index contributed by atoms with van der Waals surface area (Å²) < 4.78 is 4.63. The van der Waals surface area contributed by atoms with Crippen molar-refractivity contribution in [1.29, 1.82) is 0 Å². The van der Waals surface area contributed by atoms with Crippen LogP contribution < -0.4 is 0 Å². The number of thioether (sulfide) groups is 1. The second-order valence-corrected chi connectivity index (χ2v) is 12.2. The smallest absolute Gasteiger partial charge is 0.247 e. The van der Waals surface area contributed by atoms with Gasteiger partial charge in [0.2, 0.25) is 17.7 Å². The second kappa shape index (κ2) is 11.1. The molecule has 9 nitrogen and oxygen atoms in total. The Morgan fingerprint density at radius 2 is 1.76 bits per heavy atom. The second-order valence-electron chi connectivity index (χ2n) is 10.7. The number of likely N-dealkylation sites (tertiary alicyclic amines) is 1. The number of ether oxygens (including phenoxy) is 1. The number of carbonyl (C=O) groups excluding carboxylic acids is 3. The Morgan fingerprint density at radius 3 is 2.46 bits per heavy atom. The molecule has 37 heavy (non-hydrogen) atoms. The molecule has 0 aliphatic carbocycles. The third kappa shape index (κ3) is 4.53. The molecule has 0 aromatic carbocycles. The van der Waals surface area contributed by atoms with E-state index in [4.69, 9.17) is 4.74 Å². The van der Waals surface area contributed by atoms with Crippen LogP contribution >= 0.6 is 11.8 Å². The van der Waals surface area contributed by atoms with Gasteiger partial charge in [0, 0.05) is 51.1 Å². The van der Waals surface area contributed by atoms with Crippen LogP contribution in [-0.4, -0.2) is 130 Å². The van der Waals surface area contributed by atoms with Gasteiger partial charge in [-0.05, 0) is 12.8 Å². The molecule has 5 rings (SSSR count). The van der Waals surface area contributed by atoms with E-state index < -0.39 is 28.7 Å². The van der Waals surface area contributed by atoms with E-state index in [-0.39, 0.29) is 29.6 Å². The van der Waals surface area contributed by atoms with E-state index in [2.05, 4.69) is 17.1 Å². The highest BCUT2D eigenvalue weighted by Crippen LogP contribution is 2.61. The van der Waals surface area contributed by atoms with Crippen LogP contribution in [0.3, 0.4) is 0 Å². The number of rotatable bonds is 8. The first kappa shape index (κ1) is 26.7. The summed E-state index contributed by atoms with van der Waals surface area (Å²) in [5, 5.41) is 10.1. The average Bonchev–Trinajstić information content (AvgIpc) is 3.23. The summed E-state index contributed by atoms with van der Waals surface area (Å²) >= 11 is 1.61. The van der Waals surface area contributed by atoms with Crippen molar-refractivity contribution < 1.29 is 24.2 Å². The molecule has 3 amide bonds. The lowest BCUT2D eigenvalue weighted by molar-refractivity contribution is -0.147. The first-order chi connectivity index (χ1) is 18.0. The highest BCUT2D eigenvalue weighted by atomic mass is 32.2. The summed E-state index contributed by atoms with van der Waals surface area (Å²) in [5.41, 5.74) is 0. The fourth-order valence-corrected chi connectivity index (χ4v) is 8.73. The zero-order chi connectivity index (χ0) is 26.2. The van der Waals surface area contributed by atoms with Gasteiger partial charge in [0.15, 0.2) is 0 Å². The summed E-state index contributed by atoms with van der Waals surface area (Å²) in [6, 6.07) is -1.19. The molecular weight excluding hydrogens is 492 g/mol. The monoisotopic (exact) mass is 532 g/mol. The predicted octanol–water partition coefficient (Wildman–Crippen LogP) is 0.594. The van der Waals surface area contributed by atoms with Gasteiger partial charge >= 0.3 is 0 Å². The fraction of sp³-hybridized carbons (Fsp3) is 0.741. The molecule has 0 aromatic heterocycles. The number of nitrogens with zero attached hydrogens (tertiary/aromatic N) is 4. The van der Waals surface area contributed by atoms with Crippen LogP contribution in [0.15, 0.2) is 24.3 Å². The Hall–Kier alpha value is -1.88. The Bertz CT molecular complexity index is 949. The van der Waals surface area contributed by atoms with Gasteiger partial charge in [0.1, 0.15) is 6.04 Å². The van der Waals surface area contributed by atoms with Gasteiger partial charge in [-0.1, -0.05) is 38.2 Å². The highest BCUT2D eigenvalue weighted by molar-refractivity contribution is 8.02. The minimum Gasteiger partial charge on any atom is -0.394 e. The van der Waals surface area contributed by atoms with Gasteiger partial charge in [0.25, 0.3) is 0 Å². The number of aliphatic hydroxyl groups is 1. The van der Waals surface area contributed by atoms with Crippen LogP contribution in [0.4, 0.5) is 0 Å². The maximum Gasteiger partial charge on any atom is 0.247 e. The molecular formula is C27H40N4O5S. The van der Waals surface area contributed by atoms with Gasteiger partial charge in [-0.15, -0.1) is 11.8 Å². The van der Waals surface area contributed by atoms with Crippen LogP contribution in [-0.2, 0) is 19.1 Å². The van der Waals surface area contributed by atoms with Crippen molar-refractivity contribution in [2.45, 2.75) is 48.8 Å². The highest BCUT2D eigenvalue weighted by Gasteiger charge is 2.71. The molecule has 6 atom stereocenters. The Balaban J connectivity index is 1.50. The summed E-state index contributed by atoms with van der Waals surface area (Å²) in [5.74, 6) is -1.37. The maximum atomic E-state index is 14.3. The number of aliphatic hydroxyl groups excluding tert-OH is 1. The normalized spacial score (nSPS) is 34.9. The van der Waals surface area contributed by atoms with Gasteiger partial charge in [-0.25, -0.2) is 0 Å². The number of hydrogen-bond donors (Lipinski definition) is 1. The van der Waals surface area contributed by atoms with Crippen LogP contribution in [0, 0.1) is 11.8 Å². The van der Waals surface area contributed by atoms with Gasteiger partial charge in [0.05, 0.1) is 42.4 Å². The number of carbonyl (C=O) groups is 3. The lowest BCUT2D eigenvalue weighted by atomic mass is 9.78. The van der Waals surface area contributed by atoms with E-state index in [0.29, 0.717) is 45.8 Å². The SMILES string of the molecule is CCCN1CC=C[C@@H]2S[C@]34C=CCN(CCN5CCOCC5)C(=O)C3N([C@@H](CC)CO)C(=O)[C@@H]4[C@@H]2C1=O. The maximum absolute atomic E-state index is 14.3. The van der Waals surface area contributed by atoms with Crippen molar-refractivity contribution >= 4 is 29.5 Å². The van der Waals surface area contributed by atoms with E-state index in [0.717, 1.165) is 26.1 Å². The number of amides is 3. The molecule has 204 valence electrons. The van der Waals surface area contributed by atoms with Crippen molar-refractivity contribution in [3.63, 3.8) is 0 Å². The molecule has 0 saturated carbocycles. The van der Waals surface area contributed by atoms with E-state index in [1.807, 2.05) is 35.8 Å². The van der Waals surface area contributed by atoms with Crippen molar-refractivity contribution in [3.8, 4) is 0 Å². The first-order valence-electron chi connectivity index (χ1n) is 13.8. The lowest BCUT2D eigenvalue weighted by Gasteiger charge is -2.38. The fourth-order valence-electron chi connectivity index (χ4n) is 6.74. The summed E-state index contributed by atoms with van der Waals surface area (Å²) in [7, 11) is 0. The van der Waals surface area contributed by atoms with Gasteiger partial charge < -0.3 is 24.5 Å². The largest absolute Gasteiger partial charge is 0.394 e. The van der Waals surface area contributed by atoms with Gasteiger partial charge in [-0.3, -0.25) is 19.3 Å². The average molecular weight is 533 g/mol. The van der Waals surface area contributed by atoms with E-state index in [9.17, 15) is 19.5 Å². The topological polar surface area (TPSA) is 93.6 Å². The predicted molar refractivity (Wildman–Crippen MR) is 142 cm³/mol. The minimum absolute atomic E-state index is 0.00601. The standard InChI is InChI=1S/C27H40N4O5S/c1-3-9-29-10-5-7-20-21(24(29)33)22-25(34)31(19(4-2)18-32)23-26(35)30(11-6-8-27(22,23)37-20)13-12-28-14-16-36-17-15-28/h5-8,19-23,32H,3-4,9-18H2,1-2H3/t19-,20-,21+,22-,23?,27-/m0/s1. The Labute approximate surface area is 223 Å². The third-order valence-electron chi connectivity index (χ3n) is 8.62. The molecule has 1 N–H and O–H groups in total. The lowest BCUT2D eigenvalue weighted by Crippen LogP contribution is -2.57. The molecule has 5 aliphatic rings. The van der Waals surface area contributed by atoms with Crippen LogP contribution in [0.25, 0.3) is 0 Å². The molecule has 3 saturated heterocycles. The molecule has 1 spiro atoms. The molecule has 0 bridgehead atoms. The summed E-state index contributed by atoms with van der Waals surface area (Å²) in [6.07, 6.45) is 9.59. The molecule has 10 heteroatoms. The molecule has 3 fully saturated rings. The zero-order valence-corrected chi connectivity index (χ0v) is 22.8. The van der Waals surface area contributed by atoms with Crippen molar-refractivity contribution in [1.82, 2.24) is 19.6 Å². The molecule has 1 unspecified atom stereocenters. The van der Waals surface area contributed by atoms with Crippen LogP contribution in [0.2, 0.25) is 0 Å². The van der Waals surface area contributed by atoms with Crippen molar-refractivity contribution in [2.75, 3.05) is 65.6 Å².